The fraction of sp³-hybridized carbons (Fsp3) is 0. The molecular weight excluding hydrogens is 321 g/mol. The highest BCUT2D eigenvalue weighted by Gasteiger charge is 2.16. The van der Waals surface area contributed by atoms with E-state index in [-0.39, 0.29) is 4.90 Å². The number of hydrogen-bond acceptors (Lipinski definition) is 3. The molecule has 0 fully saturated rings. The van der Waals surface area contributed by atoms with Crippen molar-refractivity contribution in [2.75, 3.05) is 4.72 Å². The number of halogens is 1. The Morgan fingerprint density at radius 2 is 1.64 bits per heavy atom. The van der Waals surface area contributed by atoms with E-state index >= 15 is 0 Å². The quantitative estimate of drug-likeness (QED) is 0.771. The fourth-order valence-corrected chi connectivity index (χ4v) is 3.88. The summed E-state index contributed by atoms with van der Waals surface area (Å²) in [5, 5.41) is 1.93. The highest BCUT2D eigenvalue weighted by atomic mass is 32.2. The van der Waals surface area contributed by atoms with E-state index in [0.717, 1.165) is 22.6 Å². The molecule has 0 bridgehead atoms. The van der Waals surface area contributed by atoms with E-state index in [0.29, 0.717) is 5.69 Å². The van der Waals surface area contributed by atoms with Crippen LogP contribution >= 0.6 is 11.3 Å². The molecule has 0 atom stereocenters. The van der Waals surface area contributed by atoms with Gasteiger partial charge in [-0.15, -0.1) is 11.3 Å². The molecular formula is C16H12FNO2S2. The van der Waals surface area contributed by atoms with Gasteiger partial charge in [-0.3, -0.25) is 4.72 Å². The van der Waals surface area contributed by atoms with Crippen LogP contribution in [0.4, 0.5) is 10.1 Å². The highest BCUT2D eigenvalue weighted by molar-refractivity contribution is 7.92. The Labute approximate surface area is 132 Å². The third kappa shape index (κ3) is 3.03. The Morgan fingerprint density at radius 1 is 0.909 bits per heavy atom. The first-order valence-corrected chi connectivity index (χ1v) is 8.84. The van der Waals surface area contributed by atoms with Crippen molar-refractivity contribution in [3.8, 4) is 10.4 Å². The van der Waals surface area contributed by atoms with Crippen molar-refractivity contribution in [3.63, 3.8) is 0 Å². The molecule has 0 aliphatic heterocycles. The molecule has 6 heteroatoms. The van der Waals surface area contributed by atoms with Crippen molar-refractivity contribution in [1.29, 1.82) is 0 Å². The van der Waals surface area contributed by atoms with Gasteiger partial charge in [0, 0.05) is 10.4 Å². The van der Waals surface area contributed by atoms with Crippen molar-refractivity contribution < 1.29 is 12.8 Å². The number of anilines is 1. The summed E-state index contributed by atoms with van der Waals surface area (Å²) in [5.41, 5.74) is 1.30. The van der Waals surface area contributed by atoms with Crippen LogP contribution in [-0.4, -0.2) is 8.42 Å². The average Bonchev–Trinajstić information content (AvgIpc) is 3.02. The molecule has 0 saturated heterocycles. The van der Waals surface area contributed by atoms with E-state index in [1.807, 2.05) is 29.6 Å². The van der Waals surface area contributed by atoms with Crippen molar-refractivity contribution >= 4 is 27.0 Å². The molecule has 0 unspecified atom stereocenters. The maximum absolute atomic E-state index is 12.9. The minimum Gasteiger partial charge on any atom is -0.279 e. The first kappa shape index (κ1) is 14.7. The van der Waals surface area contributed by atoms with E-state index in [9.17, 15) is 12.8 Å². The summed E-state index contributed by atoms with van der Waals surface area (Å²) < 4.78 is 40.3. The van der Waals surface area contributed by atoms with Gasteiger partial charge in [0.2, 0.25) is 0 Å². The lowest BCUT2D eigenvalue weighted by Crippen LogP contribution is -2.13. The monoisotopic (exact) mass is 333 g/mol. The molecule has 0 amide bonds. The van der Waals surface area contributed by atoms with Crippen LogP contribution in [0.2, 0.25) is 0 Å². The smallest absolute Gasteiger partial charge is 0.261 e. The molecule has 112 valence electrons. The van der Waals surface area contributed by atoms with Crippen LogP contribution < -0.4 is 4.72 Å². The predicted octanol–water partition coefficient (Wildman–Crippen LogP) is 4.36. The third-order valence-electron chi connectivity index (χ3n) is 3.08. The summed E-state index contributed by atoms with van der Waals surface area (Å²) in [6.07, 6.45) is 0. The van der Waals surface area contributed by atoms with Crippen LogP contribution in [0.5, 0.6) is 0 Å². The van der Waals surface area contributed by atoms with Gasteiger partial charge in [-0.2, -0.15) is 0 Å². The largest absolute Gasteiger partial charge is 0.279 e. The van der Waals surface area contributed by atoms with Gasteiger partial charge in [0.25, 0.3) is 10.0 Å². The molecule has 2 aromatic carbocycles. The van der Waals surface area contributed by atoms with Crippen LogP contribution in [0.3, 0.4) is 0 Å². The lowest BCUT2D eigenvalue weighted by molar-refractivity contribution is 0.599. The van der Waals surface area contributed by atoms with Gasteiger partial charge in [-0.1, -0.05) is 24.3 Å². The van der Waals surface area contributed by atoms with Gasteiger partial charge in [-0.05, 0) is 41.8 Å². The lowest BCUT2D eigenvalue weighted by Gasteiger charge is -2.11. The summed E-state index contributed by atoms with van der Waals surface area (Å²) in [5.74, 6) is -0.474. The maximum atomic E-state index is 12.9. The molecule has 3 aromatic rings. The topological polar surface area (TPSA) is 46.2 Å². The third-order valence-corrected chi connectivity index (χ3v) is 5.37. The SMILES string of the molecule is O=S(=O)(Nc1ccccc1-c1cccs1)c1ccc(F)cc1. The maximum Gasteiger partial charge on any atom is 0.261 e. The van der Waals surface area contributed by atoms with Gasteiger partial charge >= 0.3 is 0 Å². The molecule has 0 radical (unpaired) electrons. The molecule has 3 nitrogen and oxygen atoms in total. The Hall–Kier alpha value is -2.18. The minimum absolute atomic E-state index is 0.0230. The molecule has 0 spiro atoms. The number of nitrogens with one attached hydrogen (secondary N) is 1. The summed E-state index contributed by atoms with van der Waals surface area (Å²) in [4.78, 5) is 0.993. The first-order chi connectivity index (χ1) is 10.6. The van der Waals surface area contributed by atoms with E-state index in [1.54, 1.807) is 12.1 Å². The number of hydrogen-bond donors (Lipinski definition) is 1. The van der Waals surface area contributed by atoms with E-state index < -0.39 is 15.8 Å². The van der Waals surface area contributed by atoms with Crippen LogP contribution in [0.15, 0.2) is 70.9 Å². The van der Waals surface area contributed by atoms with Gasteiger partial charge in [0.05, 0.1) is 10.6 Å². The summed E-state index contributed by atoms with van der Waals surface area (Å²) in [6, 6.07) is 15.7. The van der Waals surface area contributed by atoms with Gasteiger partial charge in [0.15, 0.2) is 0 Å². The zero-order chi connectivity index (χ0) is 15.6. The highest BCUT2D eigenvalue weighted by Crippen LogP contribution is 2.32. The number of benzene rings is 2. The second-order valence-electron chi connectivity index (χ2n) is 4.58. The molecule has 0 saturated carbocycles. The molecule has 3 rings (SSSR count). The van der Waals surface area contributed by atoms with Crippen LogP contribution in [-0.2, 0) is 10.0 Å². The minimum atomic E-state index is -3.76. The van der Waals surface area contributed by atoms with Crippen molar-refractivity contribution in [1.82, 2.24) is 0 Å². The van der Waals surface area contributed by atoms with Crippen molar-refractivity contribution in [2.45, 2.75) is 4.90 Å². The first-order valence-electron chi connectivity index (χ1n) is 6.47. The van der Waals surface area contributed by atoms with E-state index in [4.69, 9.17) is 0 Å². The summed E-state index contributed by atoms with van der Waals surface area (Å²) >= 11 is 1.53. The van der Waals surface area contributed by atoms with E-state index in [1.165, 1.54) is 23.5 Å². The van der Waals surface area contributed by atoms with Crippen molar-refractivity contribution in [2.24, 2.45) is 0 Å². The summed E-state index contributed by atoms with van der Waals surface area (Å²) in [7, 11) is -3.76. The van der Waals surface area contributed by atoms with E-state index in [2.05, 4.69) is 4.72 Å². The average molecular weight is 333 g/mol. The second-order valence-corrected chi connectivity index (χ2v) is 7.21. The number of thiophene rings is 1. The van der Waals surface area contributed by atoms with Crippen LogP contribution in [0, 0.1) is 5.82 Å². The van der Waals surface area contributed by atoms with Gasteiger partial charge < -0.3 is 0 Å². The Balaban J connectivity index is 1.98. The Bertz CT molecular complexity index is 873. The molecule has 1 heterocycles. The molecule has 1 aromatic heterocycles. The lowest BCUT2D eigenvalue weighted by atomic mass is 10.1. The Kier molecular flexibility index (Phi) is 3.96. The number of rotatable bonds is 4. The molecule has 0 aliphatic carbocycles. The van der Waals surface area contributed by atoms with Gasteiger partial charge in [0.1, 0.15) is 5.82 Å². The zero-order valence-corrected chi connectivity index (χ0v) is 13.0. The summed E-state index contributed by atoms with van der Waals surface area (Å²) in [6.45, 7) is 0. The second kappa shape index (κ2) is 5.90. The van der Waals surface area contributed by atoms with Crippen LogP contribution in [0.25, 0.3) is 10.4 Å². The normalized spacial score (nSPS) is 11.3. The Morgan fingerprint density at radius 3 is 2.32 bits per heavy atom. The fourth-order valence-electron chi connectivity index (χ4n) is 2.04. The number of para-hydroxylation sites is 1. The standard InChI is InChI=1S/C16H12FNO2S2/c17-12-7-9-13(10-8-12)22(19,20)18-15-5-2-1-4-14(15)16-6-3-11-21-16/h1-11,18H. The molecule has 0 aliphatic rings. The van der Waals surface area contributed by atoms with Crippen molar-refractivity contribution in [3.05, 3.63) is 71.9 Å². The number of sulfonamides is 1. The predicted molar refractivity (Wildman–Crippen MR) is 87.0 cm³/mol. The molecule has 22 heavy (non-hydrogen) atoms. The zero-order valence-electron chi connectivity index (χ0n) is 11.4. The molecule has 1 N–H and O–H groups in total. The van der Waals surface area contributed by atoms with Crippen LogP contribution in [0.1, 0.15) is 0 Å². The van der Waals surface area contributed by atoms with Gasteiger partial charge in [-0.25, -0.2) is 12.8 Å².